The van der Waals surface area contributed by atoms with E-state index in [1.165, 1.54) is 0 Å². The normalized spacial score (nSPS) is 10.6. The van der Waals surface area contributed by atoms with Gasteiger partial charge in [-0.05, 0) is 13.8 Å². The minimum Gasteiger partial charge on any atom is -0.388 e. The van der Waals surface area contributed by atoms with E-state index in [1.54, 1.807) is 12.4 Å². The van der Waals surface area contributed by atoms with Gasteiger partial charge in [0.2, 0.25) is 0 Å². The summed E-state index contributed by atoms with van der Waals surface area (Å²) in [6, 6.07) is 0. The van der Waals surface area contributed by atoms with Crippen LogP contribution in [0.15, 0.2) is 12.4 Å². The van der Waals surface area contributed by atoms with Crippen molar-refractivity contribution >= 4 is 23.0 Å². The van der Waals surface area contributed by atoms with Gasteiger partial charge in [0.1, 0.15) is 10.7 Å². The van der Waals surface area contributed by atoms with Crippen LogP contribution in [0.1, 0.15) is 19.5 Å². The van der Waals surface area contributed by atoms with Gasteiger partial charge in [0, 0.05) is 26.0 Å². The standard InChI is InChI=1S/C11H18N4OS/c1-8(2)16-7-6-15(3)11-9(10(12)17)13-4-5-14-11/h4-5,8H,6-7H2,1-3H3,(H2,12,17). The molecule has 94 valence electrons. The minimum absolute atomic E-state index is 0.223. The maximum Gasteiger partial charge on any atom is 0.157 e. The zero-order valence-corrected chi connectivity index (χ0v) is 11.2. The van der Waals surface area contributed by atoms with E-state index in [9.17, 15) is 0 Å². The SMILES string of the molecule is CC(C)OCCN(C)c1nccnc1C(N)=S. The highest BCUT2D eigenvalue weighted by atomic mass is 32.1. The van der Waals surface area contributed by atoms with E-state index in [1.807, 2.05) is 25.8 Å². The van der Waals surface area contributed by atoms with Crippen molar-refractivity contribution in [3.8, 4) is 0 Å². The van der Waals surface area contributed by atoms with Crippen molar-refractivity contribution in [3.63, 3.8) is 0 Å². The molecule has 0 fully saturated rings. The summed E-state index contributed by atoms with van der Waals surface area (Å²) >= 11 is 4.94. The number of thiocarbonyl (C=S) groups is 1. The molecule has 0 aliphatic rings. The third kappa shape index (κ3) is 4.24. The molecule has 5 nitrogen and oxygen atoms in total. The number of rotatable bonds is 6. The zero-order chi connectivity index (χ0) is 12.8. The van der Waals surface area contributed by atoms with E-state index in [4.69, 9.17) is 22.7 Å². The molecular formula is C11H18N4OS. The quantitative estimate of drug-likeness (QED) is 0.763. The fourth-order valence-corrected chi connectivity index (χ4v) is 1.46. The van der Waals surface area contributed by atoms with E-state index < -0.39 is 0 Å². The summed E-state index contributed by atoms with van der Waals surface area (Å²) in [4.78, 5) is 10.6. The Labute approximate surface area is 107 Å². The molecule has 0 saturated heterocycles. The largest absolute Gasteiger partial charge is 0.388 e. The molecule has 0 amide bonds. The monoisotopic (exact) mass is 254 g/mol. The minimum atomic E-state index is 0.223. The van der Waals surface area contributed by atoms with Crippen molar-refractivity contribution in [3.05, 3.63) is 18.1 Å². The number of likely N-dealkylation sites (N-methyl/N-ethyl adjacent to an activating group) is 1. The van der Waals surface area contributed by atoms with Crippen LogP contribution in [-0.4, -0.2) is 41.3 Å². The van der Waals surface area contributed by atoms with Crippen LogP contribution >= 0.6 is 12.2 Å². The van der Waals surface area contributed by atoms with Crippen LogP contribution in [0.3, 0.4) is 0 Å². The molecule has 1 aromatic heterocycles. The maximum atomic E-state index is 5.60. The average Bonchev–Trinajstić information content (AvgIpc) is 2.28. The van der Waals surface area contributed by atoms with Gasteiger partial charge in [-0.3, -0.25) is 0 Å². The molecule has 2 N–H and O–H groups in total. The number of hydrogen-bond acceptors (Lipinski definition) is 5. The molecule has 0 aromatic carbocycles. The Morgan fingerprint density at radius 2 is 2.12 bits per heavy atom. The van der Waals surface area contributed by atoms with Gasteiger partial charge in [-0.1, -0.05) is 12.2 Å². The van der Waals surface area contributed by atoms with E-state index in [0.29, 0.717) is 24.7 Å². The number of hydrogen-bond donors (Lipinski definition) is 1. The fourth-order valence-electron chi connectivity index (χ4n) is 1.32. The van der Waals surface area contributed by atoms with Gasteiger partial charge in [0.05, 0.1) is 12.7 Å². The third-order valence-corrected chi connectivity index (χ3v) is 2.35. The fraction of sp³-hybridized carbons (Fsp3) is 0.545. The Balaban J connectivity index is 2.68. The Hall–Kier alpha value is -1.27. The first kappa shape index (κ1) is 13.8. The van der Waals surface area contributed by atoms with Crippen LogP contribution in [0.4, 0.5) is 5.82 Å². The van der Waals surface area contributed by atoms with Crippen molar-refractivity contribution in [1.82, 2.24) is 9.97 Å². The topological polar surface area (TPSA) is 64.3 Å². The van der Waals surface area contributed by atoms with Crippen molar-refractivity contribution in [2.45, 2.75) is 20.0 Å². The summed E-state index contributed by atoms with van der Waals surface area (Å²) in [6.45, 7) is 5.35. The molecule has 0 radical (unpaired) electrons. The second-order valence-corrected chi connectivity index (χ2v) is 4.37. The number of anilines is 1. The third-order valence-electron chi connectivity index (χ3n) is 2.15. The Morgan fingerprint density at radius 3 is 2.71 bits per heavy atom. The first-order valence-corrected chi connectivity index (χ1v) is 5.86. The number of nitrogens with two attached hydrogens (primary N) is 1. The summed E-state index contributed by atoms with van der Waals surface area (Å²) < 4.78 is 5.48. The van der Waals surface area contributed by atoms with Crippen LogP contribution in [0.5, 0.6) is 0 Å². The number of ether oxygens (including phenoxy) is 1. The molecule has 6 heteroatoms. The summed E-state index contributed by atoms with van der Waals surface area (Å²) in [7, 11) is 1.91. The molecule has 1 rings (SSSR count). The molecule has 1 aromatic rings. The average molecular weight is 254 g/mol. The van der Waals surface area contributed by atoms with Crippen molar-refractivity contribution in [2.75, 3.05) is 25.1 Å². The molecule has 0 bridgehead atoms. The van der Waals surface area contributed by atoms with Gasteiger partial charge in [0.25, 0.3) is 0 Å². The predicted octanol–water partition coefficient (Wildman–Crippen LogP) is 0.972. The zero-order valence-electron chi connectivity index (χ0n) is 10.4. The van der Waals surface area contributed by atoms with Crippen LogP contribution in [-0.2, 0) is 4.74 Å². The lowest BCUT2D eigenvalue weighted by Gasteiger charge is -2.20. The van der Waals surface area contributed by atoms with Crippen molar-refractivity contribution < 1.29 is 4.74 Å². The molecule has 0 spiro atoms. The molecule has 0 unspecified atom stereocenters. The van der Waals surface area contributed by atoms with Crippen molar-refractivity contribution in [2.24, 2.45) is 5.73 Å². The van der Waals surface area contributed by atoms with Gasteiger partial charge in [-0.25, -0.2) is 9.97 Å². The highest BCUT2D eigenvalue weighted by Crippen LogP contribution is 2.12. The molecule has 0 aliphatic carbocycles. The lowest BCUT2D eigenvalue weighted by Crippen LogP contribution is -2.28. The summed E-state index contributed by atoms with van der Waals surface area (Å²) in [5, 5.41) is 0. The molecule has 1 heterocycles. The van der Waals surface area contributed by atoms with E-state index in [2.05, 4.69) is 9.97 Å². The highest BCUT2D eigenvalue weighted by Gasteiger charge is 2.12. The number of aromatic nitrogens is 2. The van der Waals surface area contributed by atoms with Crippen LogP contribution in [0, 0.1) is 0 Å². The predicted molar refractivity (Wildman–Crippen MR) is 72.3 cm³/mol. The van der Waals surface area contributed by atoms with E-state index >= 15 is 0 Å². The van der Waals surface area contributed by atoms with Gasteiger partial charge in [-0.15, -0.1) is 0 Å². The van der Waals surface area contributed by atoms with Gasteiger partial charge in [-0.2, -0.15) is 0 Å². The summed E-state index contributed by atoms with van der Waals surface area (Å²) in [5.41, 5.74) is 6.15. The Morgan fingerprint density at radius 1 is 1.47 bits per heavy atom. The molecule has 0 aliphatic heterocycles. The van der Waals surface area contributed by atoms with Gasteiger partial charge >= 0.3 is 0 Å². The number of nitrogens with zero attached hydrogens (tertiary/aromatic N) is 3. The Bertz CT molecular complexity index is 383. The van der Waals surface area contributed by atoms with E-state index in [-0.39, 0.29) is 11.1 Å². The first-order valence-electron chi connectivity index (χ1n) is 5.46. The Kier molecular flexibility index (Phi) is 5.24. The lowest BCUT2D eigenvalue weighted by molar-refractivity contribution is 0.0845. The summed E-state index contributed by atoms with van der Waals surface area (Å²) in [5.74, 6) is 0.687. The van der Waals surface area contributed by atoms with Crippen LogP contribution in [0.2, 0.25) is 0 Å². The second-order valence-electron chi connectivity index (χ2n) is 3.93. The second kappa shape index (κ2) is 6.46. The summed E-state index contributed by atoms with van der Waals surface area (Å²) in [6.07, 6.45) is 3.42. The van der Waals surface area contributed by atoms with Crippen LogP contribution in [0.25, 0.3) is 0 Å². The lowest BCUT2D eigenvalue weighted by atomic mass is 10.3. The van der Waals surface area contributed by atoms with Gasteiger partial charge in [0.15, 0.2) is 5.82 Å². The smallest absolute Gasteiger partial charge is 0.157 e. The van der Waals surface area contributed by atoms with Gasteiger partial charge < -0.3 is 15.4 Å². The van der Waals surface area contributed by atoms with Crippen molar-refractivity contribution in [1.29, 1.82) is 0 Å². The molecular weight excluding hydrogens is 236 g/mol. The van der Waals surface area contributed by atoms with E-state index in [0.717, 1.165) is 0 Å². The first-order chi connectivity index (χ1) is 8.02. The van der Waals surface area contributed by atoms with Crippen LogP contribution < -0.4 is 10.6 Å². The molecule has 0 atom stereocenters. The molecule has 0 saturated carbocycles. The maximum absolute atomic E-state index is 5.60. The highest BCUT2D eigenvalue weighted by molar-refractivity contribution is 7.80. The molecule has 17 heavy (non-hydrogen) atoms.